The van der Waals surface area contributed by atoms with E-state index in [1.807, 2.05) is 13.0 Å². The van der Waals surface area contributed by atoms with Crippen LogP contribution in [0.15, 0.2) is 53.0 Å². The third-order valence-corrected chi connectivity index (χ3v) is 8.43. The fraction of sp³-hybridized carbons (Fsp3) is 0.636. The molecule has 1 aliphatic rings. The molecule has 0 unspecified atom stereocenters. The van der Waals surface area contributed by atoms with Gasteiger partial charge in [0, 0.05) is 33.8 Å². The summed E-state index contributed by atoms with van der Waals surface area (Å²) in [7, 11) is -1.03. The molecule has 0 aromatic rings. The average molecular weight is 397 g/mol. The fourth-order valence-electron chi connectivity index (χ4n) is 2.97. The molecular weight excluding hydrogens is 357 g/mol. The summed E-state index contributed by atoms with van der Waals surface area (Å²) in [4.78, 5) is 0. The van der Waals surface area contributed by atoms with Crippen molar-refractivity contribution in [3.8, 4) is 0 Å². The topological polar surface area (TPSA) is 12.4 Å². The molecule has 142 valence electrons. The van der Waals surface area contributed by atoms with E-state index in [0.717, 1.165) is 6.42 Å². The molecule has 0 aromatic carbocycles. The van der Waals surface area contributed by atoms with Crippen LogP contribution in [0.4, 0.5) is 0 Å². The second-order valence-corrected chi connectivity index (χ2v) is 10.1. The van der Waals surface area contributed by atoms with Crippen molar-refractivity contribution in [2.45, 2.75) is 73.1 Å². The Morgan fingerprint density at radius 3 is 1.96 bits per heavy atom. The molecule has 0 saturated carbocycles. The summed E-state index contributed by atoms with van der Waals surface area (Å²) in [6.07, 6.45) is 26.4. The summed E-state index contributed by atoms with van der Waals surface area (Å²) >= 11 is 0. The van der Waals surface area contributed by atoms with Gasteiger partial charge in [-0.15, -0.1) is 0 Å². The molecule has 0 radical (unpaired) electrons. The maximum Gasteiger partial charge on any atom is 0.0425 e. The quantitative estimate of drug-likeness (QED) is 0.200. The molecule has 25 heavy (non-hydrogen) atoms. The fourth-order valence-corrected chi connectivity index (χ4v) is 7.13. The first kappa shape index (κ1) is 27.1. The minimum atomic E-state index is -1.03. The number of unbranched alkanes of at least 4 members (excludes halogenated alkanes) is 1. The SMILES string of the molecule is CC=CC=CCCC.CCCP(CCC)(CCC)=NC1=CC=CC1.[Ti]. The Balaban J connectivity index is 0. The van der Waals surface area contributed by atoms with Crippen molar-refractivity contribution in [1.82, 2.24) is 0 Å². The van der Waals surface area contributed by atoms with E-state index in [2.05, 4.69) is 64.2 Å². The molecule has 1 rings (SSSR count). The average Bonchev–Trinajstić information content (AvgIpc) is 3.06. The van der Waals surface area contributed by atoms with Gasteiger partial charge < -0.3 is 0 Å². The summed E-state index contributed by atoms with van der Waals surface area (Å²) in [6, 6.07) is 0. The van der Waals surface area contributed by atoms with Gasteiger partial charge >= 0.3 is 0 Å². The monoisotopic (exact) mass is 397 g/mol. The van der Waals surface area contributed by atoms with Crippen LogP contribution >= 0.6 is 7.05 Å². The van der Waals surface area contributed by atoms with E-state index in [0.29, 0.717) is 0 Å². The van der Waals surface area contributed by atoms with Crippen LogP contribution in [-0.2, 0) is 21.7 Å². The molecule has 0 aromatic heterocycles. The summed E-state index contributed by atoms with van der Waals surface area (Å²) in [5, 5.41) is 0. The van der Waals surface area contributed by atoms with E-state index in [-0.39, 0.29) is 21.7 Å². The molecule has 0 saturated heterocycles. The predicted octanol–water partition coefficient (Wildman–Crippen LogP) is 8.18. The smallest absolute Gasteiger partial charge is 0.0425 e. The van der Waals surface area contributed by atoms with Gasteiger partial charge in [0.05, 0.1) is 0 Å². The molecule has 1 aliphatic carbocycles. The van der Waals surface area contributed by atoms with Crippen LogP contribution in [0.2, 0.25) is 0 Å². The van der Waals surface area contributed by atoms with Crippen LogP contribution in [0.5, 0.6) is 0 Å². The van der Waals surface area contributed by atoms with Crippen LogP contribution in [0.1, 0.15) is 73.1 Å². The summed E-state index contributed by atoms with van der Waals surface area (Å²) in [5.74, 6) is 0. The van der Waals surface area contributed by atoms with Crippen LogP contribution in [0.25, 0.3) is 0 Å². The summed E-state index contributed by atoms with van der Waals surface area (Å²) in [5.41, 5.74) is 1.34. The van der Waals surface area contributed by atoms with Crippen LogP contribution in [0.3, 0.4) is 0 Å². The Morgan fingerprint density at radius 2 is 1.56 bits per heavy atom. The zero-order chi connectivity index (χ0) is 18.1. The normalized spacial score (nSPS) is 13.6. The molecular formula is C22H40NPTi. The second-order valence-electron chi connectivity index (χ2n) is 6.40. The summed E-state index contributed by atoms with van der Waals surface area (Å²) in [6.45, 7) is 11.1. The molecule has 0 aliphatic heterocycles. The van der Waals surface area contributed by atoms with Crippen molar-refractivity contribution < 1.29 is 21.7 Å². The van der Waals surface area contributed by atoms with Crippen LogP contribution < -0.4 is 0 Å². The Labute approximate surface area is 173 Å². The van der Waals surface area contributed by atoms with Crippen LogP contribution in [-0.4, -0.2) is 18.5 Å². The van der Waals surface area contributed by atoms with Gasteiger partial charge in [-0.2, -0.15) is 0 Å². The first-order valence-corrected chi connectivity index (χ1v) is 12.2. The van der Waals surface area contributed by atoms with Crippen molar-refractivity contribution in [3.05, 3.63) is 48.2 Å². The van der Waals surface area contributed by atoms with Gasteiger partial charge in [-0.05, 0) is 45.0 Å². The molecule has 0 fully saturated rings. The molecule has 1 nitrogen and oxygen atoms in total. The number of hydrogen-bond donors (Lipinski definition) is 0. The zero-order valence-electron chi connectivity index (χ0n) is 17.3. The number of nitrogens with zero attached hydrogens (tertiary/aromatic N) is 1. The standard InChI is InChI=1S/C14H26NP.C8H14.Ti/c1-4-11-16(12-5-2,13-6-3)15-14-9-7-8-10-14;1-3-5-7-8-6-4-2;/h7-9H,4-6,10-13H2,1-3H3;3,5,7-8H,4,6H2,1-2H3;. The Morgan fingerprint density at radius 1 is 0.960 bits per heavy atom. The van der Waals surface area contributed by atoms with E-state index >= 15 is 0 Å². The van der Waals surface area contributed by atoms with Crippen LogP contribution in [0, 0.1) is 0 Å². The minimum absolute atomic E-state index is 0. The molecule has 0 amide bonds. The van der Waals surface area contributed by atoms with Gasteiger partial charge in [-0.25, -0.2) is 0 Å². The van der Waals surface area contributed by atoms with E-state index in [1.54, 1.807) is 0 Å². The van der Waals surface area contributed by atoms with Crippen molar-refractivity contribution in [1.29, 1.82) is 0 Å². The van der Waals surface area contributed by atoms with Gasteiger partial charge in [0.2, 0.25) is 0 Å². The number of hydrogen-bond acceptors (Lipinski definition) is 1. The van der Waals surface area contributed by atoms with Gasteiger partial charge in [0.25, 0.3) is 0 Å². The van der Waals surface area contributed by atoms with Crippen molar-refractivity contribution >= 4 is 7.05 Å². The third-order valence-electron chi connectivity index (χ3n) is 3.91. The van der Waals surface area contributed by atoms with Crippen molar-refractivity contribution in [2.24, 2.45) is 4.74 Å². The minimum Gasteiger partial charge on any atom is -0.272 e. The van der Waals surface area contributed by atoms with Gasteiger partial charge in [-0.3, -0.25) is 4.74 Å². The number of rotatable bonds is 10. The van der Waals surface area contributed by atoms with Gasteiger partial charge in [0.15, 0.2) is 0 Å². The van der Waals surface area contributed by atoms with E-state index in [9.17, 15) is 0 Å². The Bertz CT molecular complexity index is 449. The third kappa shape index (κ3) is 13.7. The Hall–Kier alpha value is -0.0957. The first-order chi connectivity index (χ1) is 11.7. The zero-order valence-corrected chi connectivity index (χ0v) is 19.8. The van der Waals surface area contributed by atoms with E-state index in [4.69, 9.17) is 4.74 Å². The number of allylic oxidation sites excluding steroid dienone is 7. The first-order valence-electron chi connectivity index (χ1n) is 9.90. The molecule has 0 N–H and O–H groups in total. The van der Waals surface area contributed by atoms with E-state index < -0.39 is 7.05 Å². The van der Waals surface area contributed by atoms with E-state index in [1.165, 1.54) is 56.3 Å². The predicted molar refractivity (Wildman–Crippen MR) is 116 cm³/mol. The molecule has 3 heteroatoms. The molecule has 0 bridgehead atoms. The second kappa shape index (κ2) is 18.7. The molecule has 0 spiro atoms. The summed E-state index contributed by atoms with van der Waals surface area (Å²) < 4.78 is 5.19. The maximum absolute atomic E-state index is 5.19. The van der Waals surface area contributed by atoms with Crippen molar-refractivity contribution in [2.75, 3.05) is 18.5 Å². The van der Waals surface area contributed by atoms with Gasteiger partial charge in [-0.1, -0.05) is 89.8 Å². The largest absolute Gasteiger partial charge is 0.272 e. The maximum atomic E-state index is 5.19. The molecule has 0 heterocycles. The Kier molecular flexibility index (Phi) is 20.3. The van der Waals surface area contributed by atoms with Crippen molar-refractivity contribution in [3.63, 3.8) is 0 Å². The molecule has 0 atom stereocenters. The van der Waals surface area contributed by atoms with Gasteiger partial charge in [0.1, 0.15) is 0 Å².